The summed E-state index contributed by atoms with van der Waals surface area (Å²) in [5.74, 6) is 2.54. The molecule has 0 radical (unpaired) electrons. The van der Waals surface area contributed by atoms with Crippen LogP contribution >= 0.6 is 23.1 Å². The molecule has 0 amide bonds. The van der Waals surface area contributed by atoms with Gasteiger partial charge in [-0.1, -0.05) is 30.0 Å². The third-order valence-corrected chi connectivity index (χ3v) is 6.97. The van der Waals surface area contributed by atoms with Gasteiger partial charge in [0.1, 0.15) is 5.76 Å². The van der Waals surface area contributed by atoms with E-state index >= 15 is 0 Å². The maximum absolute atomic E-state index is 13.1. The summed E-state index contributed by atoms with van der Waals surface area (Å²) in [6.07, 6.45) is 0.712. The highest BCUT2D eigenvalue weighted by molar-refractivity contribution is 7.98. The molecule has 0 unspecified atom stereocenters. The summed E-state index contributed by atoms with van der Waals surface area (Å²) in [6, 6.07) is 11.5. The summed E-state index contributed by atoms with van der Waals surface area (Å²) in [7, 11) is 1.65. The Morgan fingerprint density at radius 1 is 1.19 bits per heavy atom. The second kappa shape index (κ2) is 8.89. The van der Waals surface area contributed by atoms with Gasteiger partial charge in [0.25, 0.3) is 5.56 Å². The molecule has 8 nitrogen and oxygen atoms in total. The maximum Gasteiger partial charge on any atom is 0.262 e. The predicted octanol–water partition coefficient (Wildman–Crippen LogP) is 4.40. The molecule has 0 N–H and O–H groups in total. The van der Waals surface area contributed by atoms with Crippen LogP contribution < -0.4 is 5.56 Å². The van der Waals surface area contributed by atoms with Gasteiger partial charge in [-0.25, -0.2) is 4.98 Å². The summed E-state index contributed by atoms with van der Waals surface area (Å²) in [6.45, 7) is 3.00. The predicted molar refractivity (Wildman–Crippen MR) is 125 cm³/mol. The van der Waals surface area contributed by atoms with E-state index in [1.165, 1.54) is 11.8 Å². The molecule has 0 atom stereocenters. The van der Waals surface area contributed by atoms with Gasteiger partial charge < -0.3 is 9.15 Å². The highest BCUT2D eigenvalue weighted by atomic mass is 32.2. The summed E-state index contributed by atoms with van der Waals surface area (Å²) in [5.41, 5.74) is 1.59. The number of para-hydroxylation sites is 1. The number of hydrogen-bond donors (Lipinski definition) is 0. The summed E-state index contributed by atoms with van der Waals surface area (Å²) >= 11 is 3.12. The highest BCUT2D eigenvalue weighted by Gasteiger charge is 2.18. The molecule has 0 saturated heterocycles. The lowest BCUT2D eigenvalue weighted by Crippen LogP contribution is -2.24. The Kier molecular flexibility index (Phi) is 5.81. The molecule has 0 bridgehead atoms. The minimum absolute atomic E-state index is 0.0684. The molecule has 5 aromatic rings. The van der Waals surface area contributed by atoms with E-state index in [0.717, 1.165) is 21.8 Å². The van der Waals surface area contributed by atoms with Crippen molar-refractivity contribution in [2.75, 3.05) is 13.7 Å². The first kappa shape index (κ1) is 20.9. The van der Waals surface area contributed by atoms with Crippen LogP contribution in [0.1, 0.15) is 17.9 Å². The molecule has 164 valence electrons. The average molecular weight is 468 g/mol. The molecular weight excluding hydrogens is 446 g/mol. The van der Waals surface area contributed by atoms with Crippen molar-refractivity contribution in [1.82, 2.24) is 24.1 Å². The van der Waals surface area contributed by atoms with E-state index in [-0.39, 0.29) is 5.56 Å². The smallest absolute Gasteiger partial charge is 0.262 e. The topological polar surface area (TPSA) is 87.5 Å². The molecule has 32 heavy (non-hydrogen) atoms. The van der Waals surface area contributed by atoms with Crippen molar-refractivity contribution in [2.45, 2.75) is 30.8 Å². The van der Waals surface area contributed by atoms with E-state index in [2.05, 4.69) is 15.2 Å². The minimum atomic E-state index is -0.0684. The van der Waals surface area contributed by atoms with Gasteiger partial charge in [-0.15, -0.1) is 21.5 Å². The average Bonchev–Trinajstić information content (AvgIpc) is 3.55. The third kappa shape index (κ3) is 3.74. The van der Waals surface area contributed by atoms with Gasteiger partial charge in [0, 0.05) is 26.0 Å². The van der Waals surface area contributed by atoms with Gasteiger partial charge in [-0.3, -0.25) is 13.8 Å². The SMILES string of the molecule is COCCCn1c(=O)c2ccccc2n2c(SCc3nc(-c4cccs4)oc3C)nnc12. The Hall–Kier alpha value is -2.95. The number of thiophene rings is 1. The first-order chi connectivity index (χ1) is 15.7. The zero-order valence-electron chi connectivity index (χ0n) is 17.6. The molecule has 1 aromatic carbocycles. The van der Waals surface area contributed by atoms with Crippen molar-refractivity contribution >= 4 is 39.8 Å². The Morgan fingerprint density at radius 3 is 2.88 bits per heavy atom. The number of aromatic nitrogens is 5. The molecule has 0 spiro atoms. The van der Waals surface area contributed by atoms with E-state index < -0.39 is 0 Å². The largest absolute Gasteiger partial charge is 0.440 e. The van der Waals surface area contributed by atoms with Gasteiger partial charge >= 0.3 is 0 Å². The molecule has 4 heterocycles. The number of hydrogen-bond acceptors (Lipinski definition) is 8. The van der Waals surface area contributed by atoms with Crippen LogP contribution in [0.3, 0.4) is 0 Å². The van der Waals surface area contributed by atoms with E-state index in [0.29, 0.717) is 47.5 Å². The number of nitrogens with zero attached hydrogens (tertiary/aromatic N) is 5. The second-order valence-electron chi connectivity index (χ2n) is 7.23. The van der Waals surface area contributed by atoms with E-state index in [1.54, 1.807) is 23.0 Å². The minimum Gasteiger partial charge on any atom is -0.440 e. The highest BCUT2D eigenvalue weighted by Crippen LogP contribution is 2.30. The Morgan fingerprint density at radius 2 is 2.06 bits per heavy atom. The number of rotatable bonds is 8. The van der Waals surface area contributed by atoms with Crippen LogP contribution in [0, 0.1) is 6.92 Å². The van der Waals surface area contributed by atoms with Crippen LogP contribution in [0.25, 0.3) is 27.4 Å². The lowest BCUT2D eigenvalue weighted by atomic mass is 10.2. The van der Waals surface area contributed by atoms with Gasteiger partial charge in [-0.05, 0) is 36.9 Å². The molecule has 4 aromatic heterocycles. The molecular formula is C22H21N5O3S2. The molecule has 0 aliphatic carbocycles. The number of oxazole rings is 1. The molecule has 0 aliphatic rings. The number of fused-ring (bicyclic) bond motifs is 3. The third-order valence-electron chi connectivity index (χ3n) is 5.17. The first-order valence-electron chi connectivity index (χ1n) is 10.2. The van der Waals surface area contributed by atoms with Crippen molar-refractivity contribution < 1.29 is 9.15 Å². The van der Waals surface area contributed by atoms with E-state index in [1.807, 2.05) is 53.1 Å². The lowest BCUT2D eigenvalue weighted by Gasteiger charge is -2.11. The van der Waals surface area contributed by atoms with Crippen molar-refractivity contribution in [3.05, 3.63) is 63.6 Å². The normalized spacial score (nSPS) is 11.7. The van der Waals surface area contributed by atoms with Crippen LogP contribution in [-0.4, -0.2) is 37.9 Å². The van der Waals surface area contributed by atoms with E-state index in [4.69, 9.17) is 9.15 Å². The van der Waals surface area contributed by atoms with Crippen LogP contribution in [0.4, 0.5) is 0 Å². The number of methoxy groups -OCH3 is 1. The van der Waals surface area contributed by atoms with Crippen LogP contribution in [0.15, 0.2) is 56.1 Å². The standard InChI is InChI=1S/C22H21N5O3S2/c1-14-16(23-19(30-14)18-9-5-12-31-18)13-32-22-25-24-21-26(10-6-11-29-2)20(28)15-7-3-4-8-17(15)27(21)22/h3-5,7-9,12H,6,10-11,13H2,1-2H3. The molecule has 5 rings (SSSR count). The zero-order chi connectivity index (χ0) is 22.1. The molecule has 10 heteroatoms. The monoisotopic (exact) mass is 467 g/mol. The van der Waals surface area contributed by atoms with Gasteiger partial charge in [-0.2, -0.15) is 0 Å². The molecule has 0 aliphatic heterocycles. The fraction of sp³-hybridized carbons (Fsp3) is 0.273. The van der Waals surface area contributed by atoms with Crippen molar-refractivity contribution in [3.63, 3.8) is 0 Å². The quantitative estimate of drug-likeness (QED) is 0.247. The zero-order valence-corrected chi connectivity index (χ0v) is 19.3. The fourth-order valence-electron chi connectivity index (χ4n) is 3.60. The van der Waals surface area contributed by atoms with Gasteiger partial charge in [0.15, 0.2) is 5.16 Å². The summed E-state index contributed by atoms with van der Waals surface area (Å²) < 4.78 is 14.6. The Labute approximate surface area is 191 Å². The summed E-state index contributed by atoms with van der Waals surface area (Å²) in [5, 5.41) is 12.1. The summed E-state index contributed by atoms with van der Waals surface area (Å²) in [4.78, 5) is 18.8. The van der Waals surface area contributed by atoms with Crippen LogP contribution in [-0.2, 0) is 17.0 Å². The number of aryl methyl sites for hydroxylation is 2. The second-order valence-corrected chi connectivity index (χ2v) is 9.12. The van der Waals surface area contributed by atoms with Crippen LogP contribution in [0.5, 0.6) is 0 Å². The Bertz CT molecular complexity index is 1440. The fourth-order valence-corrected chi connectivity index (χ4v) is 5.19. The first-order valence-corrected chi connectivity index (χ1v) is 12.0. The van der Waals surface area contributed by atoms with E-state index in [9.17, 15) is 4.79 Å². The van der Waals surface area contributed by atoms with Crippen molar-refractivity contribution in [2.24, 2.45) is 0 Å². The Balaban J connectivity index is 1.52. The molecule has 0 saturated carbocycles. The number of thioether (sulfide) groups is 1. The van der Waals surface area contributed by atoms with Crippen molar-refractivity contribution in [3.8, 4) is 10.8 Å². The number of benzene rings is 1. The van der Waals surface area contributed by atoms with Gasteiger partial charge in [0.05, 0.1) is 21.5 Å². The lowest BCUT2D eigenvalue weighted by molar-refractivity contribution is 0.190. The molecule has 0 fully saturated rings. The van der Waals surface area contributed by atoms with Crippen molar-refractivity contribution in [1.29, 1.82) is 0 Å². The van der Waals surface area contributed by atoms with Gasteiger partial charge in [0.2, 0.25) is 11.7 Å². The number of ether oxygens (including phenoxy) is 1. The maximum atomic E-state index is 13.1. The van der Waals surface area contributed by atoms with Crippen LogP contribution in [0.2, 0.25) is 0 Å².